The molecule has 34 heavy (non-hydrogen) atoms. The molecule has 0 aliphatic heterocycles. The molecule has 5 rings (SSSR count). The maximum Gasteiger partial charge on any atom is 0.297 e. The summed E-state index contributed by atoms with van der Waals surface area (Å²) in [5.41, 5.74) is 1.37. The molecular weight excluding hydrogens is 434 g/mol. The molecule has 2 aromatic heterocycles. The molecule has 0 radical (unpaired) electrons. The van der Waals surface area contributed by atoms with Crippen molar-refractivity contribution in [2.75, 3.05) is 11.9 Å². The van der Waals surface area contributed by atoms with Gasteiger partial charge in [-0.15, -0.1) is 0 Å². The summed E-state index contributed by atoms with van der Waals surface area (Å²) in [6.07, 6.45) is 1.36. The minimum absolute atomic E-state index is 0.132. The largest absolute Gasteiger partial charge is 0.494 e. The number of aromatic nitrogens is 2. The van der Waals surface area contributed by atoms with Crippen LogP contribution in [-0.2, 0) is 11.3 Å². The van der Waals surface area contributed by atoms with Crippen molar-refractivity contribution in [1.29, 1.82) is 0 Å². The highest BCUT2D eigenvalue weighted by molar-refractivity contribution is 6.01. The molecule has 0 aliphatic rings. The van der Waals surface area contributed by atoms with Gasteiger partial charge in [0, 0.05) is 11.1 Å². The number of furan rings is 1. The summed E-state index contributed by atoms with van der Waals surface area (Å²) in [4.78, 5) is 29.6. The Labute approximate surface area is 194 Å². The third-order valence-corrected chi connectivity index (χ3v) is 5.17. The van der Waals surface area contributed by atoms with Gasteiger partial charge in [0.2, 0.25) is 11.5 Å². The molecule has 0 unspecified atom stereocenters. The normalized spacial score (nSPS) is 11.0. The number of fused-ring (bicyclic) bond motifs is 3. The second-order valence-corrected chi connectivity index (χ2v) is 7.53. The van der Waals surface area contributed by atoms with Gasteiger partial charge in [-0.1, -0.05) is 12.1 Å². The summed E-state index contributed by atoms with van der Waals surface area (Å²) in [5, 5.41) is 3.54. The monoisotopic (exact) mass is 455 g/mol. The SMILES string of the molecule is CCOc1ccc(Oc2ccc(NC(=O)Cn3cnc4c(oc5ccccc54)c3=O)cc2)cc1. The van der Waals surface area contributed by atoms with Crippen LogP contribution in [0.5, 0.6) is 17.2 Å². The minimum Gasteiger partial charge on any atom is -0.494 e. The van der Waals surface area contributed by atoms with E-state index < -0.39 is 5.56 Å². The molecule has 5 aromatic rings. The molecule has 0 bridgehead atoms. The summed E-state index contributed by atoms with van der Waals surface area (Å²) < 4.78 is 18.1. The van der Waals surface area contributed by atoms with Gasteiger partial charge < -0.3 is 19.2 Å². The third-order valence-electron chi connectivity index (χ3n) is 5.17. The molecule has 1 amide bonds. The quantitative estimate of drug-likeness (QED) is 0.372. The lowest BCUT2D eigenvalue weighted by Crippen LogP contribution is -2.27. The minimum atomic E-state index is -0.407. The van der Waals surface area contributed by atoms with Gasteiger partial charge in [0.1, 0.15) is 34.9 Å². The van der Waals surface area contributed by atoms with E-state index in [0.29, 0.717) is 34.9 Å². The van der Waals surface area contributed by atoms with E-state index in [4.69, 9.17) is 13.9 Å². The Morgan fingerprint density at radius 1 is 0.971 bits per heavy atom. The first-order valence-corrected chi connectivity index (χ1v) is 10.8. The summed E-state index contributed by atoms with van der Waals surface area (Å²) >= 11 is 0. The van der Waals surface area contributed by atoms with E-state index in [1.54, 1.807) is 30.3 Å². The van der Waals surface area contributed by atoms with Crippen LogP contribution in [0.4, 0.5) is 5.69 Å². The number of nitrogens with zero attached hydrogens (tertiary/aromatic N) is 2. The number of carbonyl (C=O) groups is 1. The number of amides is 1. The zero-order valence-electron chi connectivity index (χ0n) is 18.4. The van der Waals surface area contributed by atoms with Crippen molar-refractivity contribution in [1.82, 2.24) is 9.55 Å². The number of para-hydroxylation sites is 1. The van der Waals surface area contributed by atoms with Gasteiger partial charge in [-0.05, 0) is 67.6 Å². The van der Waals surface area contributed by atoms with Crippen LogP contribution in [0, 0.1) is 0 Å². The van der Waals surface area contributed by atoms with Crippen molar-refractivity contribution < 1.29 is 18.7 Å². The van der Waals surface area contributed by atoms with Crippen LogP contribution in [0.2, 0.25) is 0 Å². The van der Waals surface area contributed by atoms with Crippen LogP contribution in [0.15, 0.2) is 88.3 Å². The van der Waals surface area contributed by atoms with E-state index in [9.17, 15) is 9.59 Å². The average Bonchev–Trinajstić information content (AvgIpc) is 3.23. The number of hydrogen-bond acceptors (Lipinski definition) is 6. The van der Waals surface area contributed by atoms with Crippen molar-refractivity contribution in [3.05, 3.63) is 89.5 Å². The molecule has 170 valence electrons. The molecular formula is C26H21N3O5. The van der Waals surface area contributed by atoms with Crippen LogP contribution in [-0.4, -0.2) is 22.1 Å². The molecule has 0 aliphatic carbocycles. The molecule has 2 heterocycles. The van der Waals surface area contributed by atoms with Crippen LogP contribution in [0.3, 0.4) is 0 Å². The van der Waals surface area contributed by atoms with Crippen LogP contribution >= 0.6 is 0 Å². The Morgan fingerprint density at radius 3 is 2.38 bits per heavy atom. The number of benzene rings is 3. The molecule has 0 saturated carbocycles. The van der Waals surface area contributed by atoms with Gasteiger partial charge in [-0.3, -0.25) is 14.2 Å². The smallest absolute Gasteiger partial charge is 0.297 e. The molecule has 1 N–H and O–H groups in total. The molecule has 0 saturated heterocycles. The van der Waals surface area contributed by atoms with Gasteiger partial charge >= 0.3 is 0 Å². The first kappa shape index (κ1) is 21.3. The number of nitrogens with one attached hydrogen (secondary N) is 1. The average molecular weight is 455 g/mol. The van der Waals surface area contributed by atoms with E-state index in [0.717, 1.165) is 11.1 Å². The number of carbonyl (C=O) groups excluding carboxylic acids is 1. The maximum atomic E-state index is 12.8. The fourth-order valence-electron chi connectivity index (χ4n) is 3.60. The Bertz CT molecular complexity index is 1520. The van der Waals surface area contributed by atoms with Crippen molar-refractivity contribution in [2.45, 2.75) is 13.5 Å². The van der Waals surface area contributed by atoms with Gasteiger partial charge in [0.15, 0.2) is 0 Å². The van der Waals surface area contributed by atoms with E-state index in [2.05, 4.69) is 10.3 Å². The molecule has 3 aromatic carbocycles. The van der Waals surface area contributed by atoms with Gasteiger partial charge in [-0.25, -0.2) is 4.98 Å². The number of rotatable bonds is 7. The molecule has 8 heteroatoms. The lowest BCUT2D eigenvalue weighted by atomic mass is 10.2. The molecule has 0 atom stereocenters. The third kappa shape index (κ3) is 4.33. The zero-order chi connectivity index (χ0) is 23.5. The number of ether oxygens (including phenoxy) is 2. The summed E-state index contributed by atoms with van der Waals surface area (Å²) in [6.45, 7) is 2.34. The van der Waals surface area contributed by atoms with Gasteiger partial charge in [0.25, 0.3) is 5.56 Å². The molecule has 0 fully saturated rings. The van der Waals surface area contributed by atoms with Gasteiger partial charge in [0.05, 0.1) is 12.9 Å². The summed E-state index contributed by atoms with van der Waals surface area (Å²) in [5.74, 6) is 1.72. The van der Waals surface area contributed by atoms with E-state index in [1.807, 2.05) is 49.4 Å². The second kappa shape index (κ2) is 9.11. The van der Waals surface area contributed by atoms with Gasteiger partial charge in [-0.2, -0.15) is 0 Å². The van der Waals surface area contributed by atoms with Crippen LogP contribution in [0.1, 0.15) is 6.92 Å². The Kier molecular flexibility index (Phi) is 5.70. The van der Waals surface area contributed by atoms with E-state index in [-0.39, 0.29) is 18.0 Å². The molecule has 8 nitrogen and oxygen atoms in total. The highest BCUT2D eigenvalue weighted by Gasteiger charge is 2.14. The maximum absolute atomic E-state index is 12.8. The number of hydrogen-bond donors (Lipinski definition) is 1. The zero-order valence-corrected chi connectivity index (χ0v) is 18.4. The second-order valence-electron chi connectivity index (χ2n) is 7.53. The van der Waals surface area contributed by atoms with Crippen molar-refractivity contribution >= 4 is 33.7 Å². The Balaban J connectivity index is 1.25. The first-order chi connectivity index (χ1) is 16.6. The van der Waals surface area contributed by atoms with E-state index in [1.165, 1.54) is 10.9 Å². The first-order valence-electron chi connectivity index (χ1n) is 10.8. The van der Waals surface area contributed by atoms with Crippen molar-refractivity contribution in [3.63, 3.8) is 0 Å². The van der Waals surface area contributed by atoms with Crippen molar-refractivity contribution in [2.24, 2.45) is 0 Å². The topological polar surface area (TPSA) is 95.6 Å². The predicted octanol–water partition coefficient (Wildman–Crippen LogP) is 4.97. The highest BCUT2D eigenvalue weighted by atomic mass is 16.5. The molecule has 0 spiro atoms. The number of anilines is 1. The highest BCUT2D eigenvalue weighted by Crippen LogP contribution is 2.26. The Hall–Kier alpha value is -4.59. The van der Waals surface area contributed by atoms with Crippen LogP contribution in [0.25, 0.3) is 22.1 Å². The fraction of sp³-hybridized carbons (Fsp3) is 0.115. The Morgan fingerprint density at radius 2 is 1.65 bits per heavy atom. The van der Waals surface area contributed by atoms with E-state index >= 15 is 0 Å². The summed E-state index contributed by atoms with van der Waals surface area (Å²) in [6, 6.07) is 21.6. The van der Waals surface area contributed by atoms with Crippen LogP contribution < -0.4 is 20.3 Å². The fourth-order valence-corrected chi connectivity index (χ4v) is 3.60. The lowest BCUT2D eigenvalue weighted by Gasteiger charge is -2.09. The summed E-state index contributed by atoms with van der Waals surface area (Å²) in [7, 11) is 0. The van der Waals surface area contributed by atoms with Crippen molar-refractivity contribution in [3.8, 4) is 17.2 Å². The predicted molar refractivity (Wildman–Crippen MR) is 129 cm³/mol. The lowest BCUT2D eigenvalue weighted by molar-refractivity contribution is -0.116. The standard InChI is InChI=1S/C26H21N3O5/c1-2-32-18-11-13-20(14-12-18)33-19-9-7-17(8-10-19)28-23(30)15-29-16-27-24-21-5-3-4-6-22(21)34-25(24)26(29)31/h3-14,16H,2,15H2,1H3,(H,28,30).